The number of nitriles is 1. The molecular formula is C12H15FN2O2S. The second-order valence-electron chi connectivity index (χ2n) is 4.10. The molecule has 0 atom stereocenters. The molecule has 0 fully saturated rings. The molecule has 0 amide bonds. The molecule has 6 heteroatoms. The summed E-state index contributed by atoms with van der Waals surface area (Å²) < 4.78 is 38.8. The third kappa shape index (κ3) is 2.86. The largest absolute Gasteiger partial charge is 0.243 e. The molecular weight excluding hydrogens is 255 g/mol. The van der Waals surface area contributed by atoms with Crippen molar-refractivity contribution < 1.29 is 12.8 Å². The topological polar surface area (TPSA) is 61.2 Å². The minimum Gasteiger partial charge on any atom is -0.207 e. The van der Waals surface area contributed by atoms with Gasteiger partial charge in [0.2, 0.25) is 10.0 Å². The van der Waals surface area contributed by atoms with E-state index in [0.717, 1.165) is 4.31 Å². The SMILES string of the molecule is Cc1cc(F)cc(C)c1S(=O)(=O)N(C)CCC#N. The van der Waals surface area contributed by atoms with Crippen molar-refractivity contribution >= 4 is 10.0 Å². The van der Waals surface area contributed by atoms with Gasteiger partial charge >= 0.3 is 0 Å². The zero-order valence-electron chi connectivity index (χ0n) is 10.6. The van der Waals surface area contributed by atoms with Gasteiger partial charge in [0.05, 0.1) is 11.0 Å². The van der Waals surface area contributed by atoms with Crippen molar-refractivity contribution in [2.75, 3.05) is 13.6 Å². The summed E-state index contributed by atoms with van der Waals surface area (Å²) in [4.78, 5) is 0.115. The van der Waals surface area contributed by atoms with Crippen LogP contribution < -0.4 is 0 Å². The van der Waals surface area contributed by atoms with Crippen LogP contribution in [0.5, 0.6) is 0 Å². The van der Waals surface area contributed by atoms with Crippen LogP contribution in [-0.2, 0) is 10.0 Å². The number of hydrogen-bond donors (Lipinski definition) is 0. The third-order valence-corrected chi connectivity index (χ3v) is 4.79. The second-order valence-corrected chi connectivity index (χ2v) is 6.09. The van der Waals surface area contributed by atoms with Crippen LogP contribution >= 0.6 is 0 Å². The molecule has 0 unspecified atom stereocenters. The Morgan fingerprint density at radius 1 is 1.33 bits per heavy atom. The summed E-state index contributed by atoms with van der Waals surface area (Å²) in [6.07, 6.45) is 0.120. The molecule has 18 heavy (non-hydrogen) atoms. The molecule has 0 bridgehead atoms. The molecule has 0 aliphatic heterocycles. The molecule has 1 aromatic rings. The van der Waals surface area contributed by atoms with Crippen molar-refractivity contribution in [2.24, 2.45) is 0 Å². The molecule has 0 aliphatic rings. The van der Waals surface area contributed by atoms with Gasteiger partial charge in [-0.1, -0.05) is 0 Å². The zero-order chi connectivity index (χ0) is 13.9. The van der Waals surface area contributed by atoms with Crippen molar-refractivity contribution in [3.05, 3.63) is 29.1 Å². The highest BCUT2D eigenvalue weighted by Crippen LogP contribution is 2.24. The van der Waals surface area contributed by atoms with Crippen molar-refractivity contribution in [2.45, 2.75) is 25.2 Å². The van der Waals surface area contributed by atoms with Gasteiger partial charge < -0.3 is 0 Å². The van der Waals surface area contributed by atoms with Gasteiger partial charge in [-0.3, -0.25) is 0 Å². The van der Waals surface area contributed by atoms with Crippen molar-refractivity contribution in [1.29, 1.82) is 5.26 Å². The molecule has 0 heterocycles. The van der Waals surface area contributed by atoms with Crippen LogP contribution in [0, 0.1) is 31.0 Å². The lowest BCUT2D eigenvalue weighted by Crippen LogP contribution is -2.29. The predicted molar refractivity (Wildman–Crippen MR) is 65.9 cm³/mol. The summed E-state index contributed by atoms with van der Waals surface area (Å²) in [5.74, 6) is -0.455. The van der Waals surface area contributed by atoms with Gasteiger partial charge in [-0.15, -0.1) is 0 Å². The Morgan fingerprint density at radius 2 is 1.83 bits per heavy atom. The normalized spacial score (nSPS) is 11.6. The number of benzene rings is 1. The second kappa shape index (κ2) is 5.46. The fourth-order valence-electron chi connectivity index (χ4n) is 1.79. The molecule has 1 aromatic carbocycles. The summed E-state index contributed by atoms with van der Waals surface area (Å²) in [6.45, 7) is 3.23. The lowest BCUT2D eigenvalue weighted by atomic mass is 10.1. The highest BCUT2D eigenvalue weighted by Gasteiger charge is 2.24. The average molecular weight is 270 g/mol. The van der Waals surface area contributed by atoms with Gasteiger partial charge in [-0.25, -0.2) is 12.8 Å². The maximum Gasteiger partial charge on any atom is 0.243 e. The lowest BCUT2D eigenvalue weighted by molar-refractivity contribution is 0.475. The monoisotopic (exact) mass is 270 g/mol. The van der Waals surface area contributed by atoms with E-state index in [9.17, 15) is 12.8 Å². The van der Waals surface area contributed by atoms with E-state index in [1.807, 2.05) is 6.07 Å². The van der Waals surface area contributed by atoms with Gasteiger partial charge in [0.25, 0.3) is 0 Å². The first-order valence-electron chi connectivity index (χ1n) is 5.40. The van der Waals surface area contributed by atoms with Gasteiger partial charge in [0.1, 0.15) is 5.82 Å². The van der Waals surface area contributed by atoms with Gasteiger partial charge in [0, 0.05) is 20.0 Å². The lowest BCUT2D eigenvalue weighted by Gasteiger charge is -2.19. The Labute approximate surface area is 107 Å². The van der Waals surface area contributed by atoms with Crippen LogP contribution in [0.1, 0.15) is 17.5 Å². The number of halogens is 1. The van der Waals surface area contributed by atoms with Crippen LogP contribution in [0.25, 0.3) is 0 Å². The Balaban J connectivity index is 3.26. The van der Waals surface area contributed by atoms with Crippen molar-refractivity contribution in [3.8, 4) is 6.07 Å². The number of sulfonamides is 1. The summed E-state index contributed by atoms with van der Waals surface area (Å²) in [5, 5.41) is 8.48. The third-order valence-electron chi connectivity index (χ3n) is 2.63. The van der Waals surface area contributed by atoms with Crippen molar-refractivity contribution in [3.63, 3.8) is 0 Å². The highest BCUT2D eigenvalue weighted by atomic mass is 32.2. The number of nitrogens with zero attached hydrogens (tertiary/aromatic N) is 2. The number of rotatable bonds is 4. The summed E-state index contributed by atoms with van der Waals surface area (Å²) in [7, 11) is -2.26. The molecule has 0 aliphatic carbocycles. The van der Waals surface area contributed by atoms with Crippen molar-refractivity contribution in [1.82, 2.24) is 4.31 Å². The fourth-order valence-corrected chi connectivity index (χ4v) is 3.36. The minimum absolute atomic E-state index is 0.115. The molecule has 0 aromatic heterocycles. The standard InChI is InChI=1S/C12H15FN2O2S/c1-9-7-11(13)8-10(2)12(9)18(16,17)15(3)6-4-5-14/h7-8H,4,6H2,1-3H3. The van der Waals surface area contributed by atoms with E-state index in [2.05, 4.69) is 0 Å². The first-order chi connectivity index (χ1) is 8.30. The van der Waals surface area contributed by atoms with Crippen LogP contribution in [0.2, 0.25) is 0 Å². The minimum atomic E-state index is -3.67. The van der Waals surface area contributed by atoms with Crippen LogP contribution in [-0.4, -0.2) is 26.3 Å². The fraction of sp³-hybridized carbons (Fsp3) is 0.417. The summed E-state index contributed by atoms with van der Waals surface area (Å²) in [5.41, 5.74) is 0.743. The molecule has 98 valence electrons. The molecule has 0 N–H and O–H groups in total. The summed E-state index contributed by atoms with van der Waals surface area (Å²) in [6, 6.07) is 4.28. The Morgan fingerprint density at radius 3 is 2.28 bits per heavy atom. The van der Waals surface area contributed by atoms with E-state index in [0.29, 0.717) is 11.1 Å². The van der Waals surface area contributed by atoms with E-state index >= 15 is 0 Å². The van der Waals surface area contributed by atoms with E-state index < -0.39 is 15.8 Å². The smallest absolute Gasteiger partial charge is 0.207 e. The Bertz CT molecular complexity index is 568. The summed E-state index contributed by atoms with van der Waals surface area (Å²) >= 11 is 0. The first-order valence-corrected chi connectivity index (χ1v) is 6.84. The maximum atomic E-state index is 13.1. The predicted octanol–water partition coefficient (Wildman–Crippen LogP) is 1.98. The molecule has 0 saturated carbocycles. The molecule has 4 nitrogen and oxygen atoms in total. The zero-order valence-corrected chi connectivity index (χ0v) is 11.4. The van der Waals surface area contributed by atoms with E-state index in [-0.39, 0.29) is 17.9 Å². The van der Waals surface area contributed by atoms with Gasteiger partial charge in [0.15, 0.2) is 0 Å². The Hall–Kier alpha value is -1.45. The highest BCUT2D eigenvalue weighted by molar-refractivity contribution is 7.89. The van der Waals surface area contributed by atoms with E-state index in [4.69, 9.17) is 5.26 Å². The molecule has 0 spiro atoms. The maximum absolute atomic E-state index is 13.1. The quantitative estimate of drug-likeness (QED) is 0.840. The van der Waals surface area contributed by atoms with Gasteiger partial charge in [-0.2, -0.15) is 9.57 Å². The van der Waals surface area contributed by atoms with E-state index in [1.165, 1.54) is 19.2 Å². The first kappa shape index (κ1) is 14.6. The van der Waals surface area contributed by atoms with Crippen LogP contribution in [0.15, 0.2) is 17.0 Å². The average Bonchev–Trinajstić information content (AvgIpc) is 2.23. The number of aryl methyl sites for hydroxylation is 2. The molecule has 1 rings (SSSR count). The van der Waals surface area contributed by atoms with Crippen LogP contribution in [0.4, 0.5) is 4.39 Å². The van der Waals surface area contributed by atoms with Gasteiger partial charge in [-0.05, 0) is 37.1 Å². The molecule has 0 radical (unpaired) electrons. The molecule has 0 saturated heterocycles. The van der Waals surface area contributed by atoms with E-state index in [1.54, 1.807) is 13.8 Å². The van der Waals surface area contributed by atoms with Crippen LogP contribution in [0.3, 0.4) is 0 Å². The Kier molecular flexibility index (Phi) is 4.43. The number of hydrogen-bond acceptors (Lipinski definition) is 3.